The Morgan fingerprint density at radius 3 is 2.80 bits per heavy atom. The fourth-order valence-electron chi connectivity index (χ4n) is 2.32. The molecule has 0 fully saturated rings. The molecule has 1 N–H and O–H groups in total. The molecule has 1 aromatic rings. The van der Waals surface area contributed by atoms with Gasteiger partial charge in [0.25, 0.3) is 10.1 Å². The minimum Gasteiger partial charge on any atom is -0.482 e. The first-order valence-corrected chi connectivity index (χ1v) is 7.96. The molecule has 1 aliphatic carbocycles. The van der Waals surface area contributed by atoms with Gasteiger partial charge in [-0.3, -0.25) is 4.18 Å². The smallest absolute Gasteiger partial charge is 0.341 e. The summed E-state index contributed by atoms with van der Waals surface area (Å²) in [7, 11) is -3.44. The van der Waals surface area contributed by atoms with Crippen LogP contribution in [-0.4, -0.2) is 39.0 Å². The third kappa shape index (κ3) is 3.94. The van der Waals surface area contributed by atoms with E-state index in [-0.39, 0.29) is 19.1 Å². The van der Waals surface area contributed by atoms with E-state index < -0.39 is 16.1 Å². The fourth-order valence-corrected chi connectivity index (χ4v) is 2.76. The predicted molar refractivity (Wildman–Crippen MR) is 71.3 cm³/mol. The molecular formula is C13H16O6S. The van der Waals surface area contributed by atoms with Crippen molar-refractivity contribution in [2.75, 3.05) is 19.5 Å². The number of fused-ring (bicyclic) bond motifs is 1. The molecule has 1 unspecified atom stereocenters. The molecule has 110 valence electrons. The monoisotopic (exact) mass is 300 g/mol. The Balaban J connectivity index is 2.04. The number of benzene rings is 1. The van der Waals surface area contributed by atoms with Crippen molar-refractivity contribution in [2.24, 2.45) is 5.92 Å². The summed E-state index contributed by atoms with van der Waals surface area (Å²) in [5.74, 6) is -0.418. The van der Waals surface area contributed by atoms with Gasteiger partial charge in [-0.05, 0) is 36.0 Å². The number of hydrogen-bond acceptors (Lipinski definition) is 5. The summed E-state index contributed by atoms with van der Waals surface area (Å²) in [5, 5.41) is 8.64. The lowest BCUT2D eigenvalue weighted by Gasteiger charge is -2.09. The molecule has 2 rings (SSSR count). The standard InChI is InChI=1S/C13H16O6S/c1-20(16,17)19-7-9-5-10-3-2-4-12(11(10)6-9)18-8-13(14)15/h2-4,9H,5-8H2,1H3,(H,14,15). The zero-order valence-electron chi connectivity index (χ0n) is 11.0. The van der Waals surface area contributed by atoms with E-state index in [2.05, 4.69) is 0 Å². The van der Waals surface area contributed by atoms with Crippen LogP contribution in [0.1, 0.15) is 11.1 Å². The maximum Gasteiger partial charge on any atom is 0.341 e. The van der Waals surface area contributed by atoms with Crippen LogP contribution in [0.5, 0.6) is 5.75 Å². The highest BCUT2D eigenvalue weighted by Crippen LogP contribution is 2.34. The molecule has 0 saturated heterocycles. The van der Waals surface area contributed by atoms with Crippen LogP contribution in [-0.2, 0) is 31.9 Å². The molecular weight excluding hydrogens is 284 g/mol. The summed E-state index contributed by atoms with van der Waals surface area (Å²) in [5.41, 5.74) is 1.99. The van der Waals surface area contributed by atoms with Crippen LogP contribution in [0, 0.1) is 5.92 Å². The minimum absolute atomic E-state index is 0.0642. The van der Waals surface area contributed by atoms with Crippen LogP contribution in [0.25, 0.3) is 0 Å². The molecule has 0 radical (unpaired) electrons. The van der Waals surface area contributed by atoms with E-state index in [4.69, 9.17) is 14.0 Å². The van der Waals surface area contributed by atoms with Crippen LogP contribution in [0.4, 0.5) is 0 Å². The summed E-state index contributed by atoms with van der Waals surface area (Å²) in [6.07, 6.45) is 2.35. The van der Waals surface area contributed by atoms with Gasteiger partial charge in [0.15, 0.2) is 6.61 Å². The maximum absolute atomic E-state index is 11.0. The lowest BCUT2D eigenvalue weighted by atomic mass is 10.1. The second-order valence-electron chi connectivity index (χ2n) is 4.84. The SMILES string of the molecule is CS(=O)(=O)OCC1Cc2cccc(OCC(=O)O)c2C1. The van der Waals surface area contributed by atoms with E-state index in [9.17, 15) is 13.2 Å². The maximum atomic E-state index is 11.0. The molecule has 0 bridgehead atoms. The van der Waals surface area contributed by atoms with Crippen LogP contribution in [0.15, 0.2) is 18.2 Å². The quantitative estimate of drug-likeness (QED) is 0.783. The molecule has 1 aliphatic rings. The summed E-state index contributed by atoms with van der Waals surface area (Å²) in [6.45, 7) is -0.257. The Bertz CT molecular complexity index is 607. The molecule has 0 saturated carbocycles. The highest BCUT2D eigenvalue weighted by molar-refractivity contribution is 7.85. The number of rotatable bonds is 6. The van der Waals surface area contributed by atoms with Crippen molar-refractivity contribution in [1.29, 1.82) is 0 Å². The third-order valence-electron chi connectivity index (χ3n) is 3.10. The molecule has 20 heavy (non-hydrogen) atoms. The molecule has 0 spiro atoms. The van der Waals surface area contributed by atoms with E-state index in [1.54, 1.807) is 12.1 Å². The molecule has 0 heterocycles. The first-order chi connectivity index (χ1) is 9.35. The first kappa shape index (κ1) is 14.8. The first-order valence-electron chi connectivity index (χ1n) is 6.15. The normalized spacial score (nSPS) is 17.8. The summed E-state index contributed by atoms with van der Waals surface area (Å²) < 4.78 is 32.1. The second-order valence-corrected chi connectivity index (χ2v) is 6.48. The average Bonchev–Trinajstić information content (AvgIpc) is 2.76. The largest absolute Gasteiger partial charge is 0.482 e. The Labute approximate surface area is 117 Å². The third-order valence-corrected chi connectivity index (χ3v) is 3.66. The van der Waals surface area contributed by atoms with Gasteiger partial charge in [-0.15, -0.1) is 0 Å². The average molecular weight is 300 g/mol. The van der Waals surface area contributed by atoms with Gasteiger partial charge in [0.05, 0.1) is 12.9 Å². The number of ether oxygens (including phenoxy) is 1. The number of carbonyl (C=O) groups is 1. The van der Waals surface area contributed by atoms with Crippen molar-refractivity contribution in [2.45, 2.75) is 12.8 Å². The molecule has 1 aromatic carbocycles. The van der Waals surface area contributed by atoms with Gasteiger partial charge in [-0.25, -0.2) is 4.79 Å². The van der Waals surface area contributed by atoms with Gasteiger partial charge >= 0.3 is 5.97 Å². The van der Waals surface area contributed by atoms with E-state index in [0.29, 0.717) is 18.6 Å². The minimum atomic E-state index is -3.44. The zero-order chi connectivity index (χ0) is 14.8. The number of hydrogen-bond donors (Lipinski definition) is 1. The zero-order valence-corrected chi connectivity index (χ0v) is 11.9. The van der Waals surface area contributed by atoms with E-state index in [1.165, 1.54) is 0 Å². The van der Waals surface area contributed by atoms with E-state index in [1.807, 2.05) is 6.07 Å². The predicted octanol–water partition coefficient (Wildman–Crippen LogP) is 0.841. The molecule has 7 heteroatoms. The van der Waals surface area contributed by atoms with Gasteiger partial charge in [0.2, 0.25) is 0 Å². The van der Waals surface area contributed by atoms with Crippen molar-refractivity contribution >= 4 is 16.1 Å². The van der Waals surface area contributed by atoms with Crippen LogP contribution in [0.3, 0.4) is 0 Å². The summed E-state index contributed by atoms with van der Waals surface area (Å²) in [4.78, 5) is 10.5. The molecule has 0 aliphatic heterocycles. The lowest BCUT2D eigenvalue weighted by molar-refractivity contribution is -0.139. The highest BCUT2D eigenvalue weighted by Gasteiger charge is 2.25. The summed E-state index contributed by atoms with van der Waals surface area (Å²) in [6, 6.07) is 5.46. The fraction of sp³-hybridized carbons (Fsp3) is 0.462. The number of carboxylic acid groups (broad SMARTS) is 1. The van der Waals surface area contributed by atoms with Crippen molar-refractivity contribution in [3.8, 4) is 5.75 Å². The van der Waals surface area contributed by atoms with Gasteiger partial charge in [-0.1, -0.05) is 12.1 Å². The Kier molecular flexibility index (Phi) is 4.29. The van der Waals surface area contributed by atoms with Crippen molar-refractivity contribution in [1.82, 2.24) is 0 Å². The Morgan fingerprint density at radius 1 is 1.40 bits per heavy atom. The highest BCUT2D eigenvalue weighted by atomic mass is 32.2. The van der Waals surface area contributed by atoms with Gasteiger partial charge in [0, 0.05) is 0 Å². The molecule has 1 atom stereocenters. The van der Waals surface area contributed by atoms with Crippen LogP contribution >= 0.6 is 0 Å². The van der Waals surface area contributed by atoms with Crippen molar-refractivity contribution in [3.05, 3.63) is 29.3 Å². The second kappa shape index (κ2) is 5.80. The lowest BCUT2D eigenvalue weighted by Crippen LogP contribution is -2.14. The van der Waals surface area contributed by atoms with Gasteiger partial charge in [-0.2, -0.15) is 8.42 Å². The van der Waals surface area contributed by atoms with Crippen LogP contribution in [0.2, 0.25) is 0 Å². The Morgan fingerprint density at radius 2 is 2.15 bits per heavy atom. The summed E-state index contributed by atoms with van der Waals surface area (Å²) >= 11 is 0. The molecule has 6 nitrogen and oxygen atoms in total. The van der Waals surface area contributed by atoms with E-state index in [0.717, 1.165) is 17.4 Å². The van der Waals surface area contributed by atoms with Crippen LogP contribution < -0.4 is 4.74 Å². The topological polar surface area (TPSA) is 89.9 Å². The van der Waals surface area contributed by atoms with E-state index >= 15 is 0 Å². The Hall–Kier alpha value is -1.60. The number of aliphatic carboxylic acids is 1. The van der Waals surface area contributed by atoms with Gasteiger partial charge < -0.3 is 9.84 Å². The van der Waals surface area contributed by atoms with Crippen molar-refractivity contribution in [3.63, 3.8) is 0 Å². The molecule has 0 amide bonds. The van der Waals surface area contributed by atoms with Gasteiger partial charge in [0.1, 0.15) is 5.75 Å². The number of carboxylic acids is 1. The van der Waals surface area contributed by atoms with Crippen molar-refractivity contribution < 1.29 is 27.2 Å². The molecule has 0 aromatic heterocycles.